The van der Waals surface area contributed by atoms with E-state index in [-0.39, 0.29) is 37.1 Å². The zero-order chi connectivity index (χ0) is 31.6. The number of amides is 2. The maximum Gasteiger partial charge on any atom is 0.407 e. The molecule has 0 radical (unpaired) electrons. The fourth-order valence-electron chi connectivity index (χ4n) is 4.75. The van der Waals surface area contributed by atoms with Crippen LogP contribution in [-0.4, -0.2) is 61.1 Å². The predicted octanol–water partition coefficient (Wildman–Crippen LogP) is 5.89. The maximum absolute atomic E-state index is 13.3. The summed E-state index contributed by atoms with van der Waals surface area (Å²) >= 11 is 0. The molecular weight excluding hydrogens is 548 g/mol. The predicted molar refractivity (Wildman–Crippen MR) is 167 cm³/mol. The number of aliphatic imine (C=N–C) groups is 1. The van der Waals surface area contributed by atoms with Crippen LogP contribution in [0.1, 0.15) is 84.8 Å². The van der Waals surface area contributed by atoms with Gasteiger partial charge in [-0.15, -0.1) is 0 Å². The number of alkyl carbamates (subject to hydrolysis) is 2. The Bertz CT molecular complexity index is 1240. The molecule has 0 heterocycles. The van der Waals surface area contributed by atoms with Crippen molar-refractivity contribution in [2.75, 3.05) is 13.2 Å². The van der Waals surface area contributed by atoms with Crippen LogP contribution in [0, 0.1) is 0 Å². The molecule has 0 bridgehead atoms. The zero-order valence-electron chi connectivity index (χ0n) is 26.4. The van der Waals surface area contributed by atoms with Crippen LogP contribution >= 0.6 is 0 Å². The van der Waals surface area contributed by atoms with Crippen LogP contribution < -0.4 is 16.0 Å². The number of esters is 1. The van der Waals surface area contributed by atoms with Gasteiger partial charge in [0, 0.05) is 24.5 Å². The van der Waals surface area contributed by atoms with E-state index >= 15 is 0 Å². The van der Waals surface area contributed by atoms with E-state index < -0.39 is 29.8 Å². The summed E-state index contributed by atoms with van der Waals surface area (Å²) in [6.07, 6.45) is 0.139. The highest BCUT2D eigenvalue weighted by Crippen LogP contribution is 2.44. The number of unbranched alkanes of at least 4 members (excludes halogenated alkanes) is 1. The number of ether oxygens (including phenoxy) is 3. The standard InChI is InChI=1S/C33H46N4O6/c1-21(2)35-30(36-22(3)4)42-29(38)28(18-12-13-19-34-31(39)43-33(5,6)7)37-32(40)41-20-27-25-16-10-8-14-23(25)24-15-9-11-17-26(24)27/h8-11,14-17,21-22,27-28H,12-13,18-20H2,1-7H3,(H,34,39)(H,35,36)(H,37,40). The highest BCUT2D eigenvalue weighted by atomic mass is 16.6. The molecule has 0 spiro atoms. The van der Waals surface area contributed by atoms with Gasteiger partial charge in [0.2, 0.25) is 0 Å². The second-order valence-corrected chi connectivity index (χ2v) is 12.2. The minimum Gasteiger partial charge on any atom is -0.449 e. The summed E-state index contributed by atoms with van der Waals surface area (Å²) < 4.78 is 16.5. The normalized spacial score (nSPS) is 13.7. The molecule has 2 aromatic rings. The lowest BCUT2D eigenvalue weighted by Crippen LogP contribution is -2.45. The number of rotatable bonds is 11. The highest BCUT2D eigenvalue weighted by Gasteiger charge is 2.30. The first kappa shape index (κ1) is 33.4. The summed E-state index contributed by atoms with van der Waals surface area (Å²) in [4.78, 5) is 42.6. The van der Waals surface area contributed by atoms with E-state index in [1.54, 1.807) is 20.8 Å². The molecule has 0 saturated heterocycles. The van der Waals surface area contributed by atoms with Crippen molar-refractivity contribution in [3.8, 4) is 11.1 Å². The summed E-state index contributed by atoms with van der Waals surface area (Å²) in [6, 6.07) is 15.2. The first-order chi connectivity index (χ1) is 20.3. The maximum atomic E-state index is 13.3. The number of carbonyl (C=O) groups is 3. The van der Waals surface area contributed by atoms with Crippen molar-refractivity contribution in [3.05, 3.63) is 59.7 Å². The van der Waals surface area contributed by atoms with Crippen LogP contribution in [0.2, 0.25) is 0 Å². The molecule has 3 N–H and O–H groups in total. The van der Waals surface area contributed by atoms with E-state index in [9.17, 15) is 14.4 Å². The van der Waals surface area contributed by atoms with Crippen molar-refractivity contribution in [2.24, 2.45) is 4.99 Å². The monoisotopic (exact) mass is 594 g/mol. The number of hydrogen-bond acceptors (Lipinski definition) is 7. The highest BCUT2D eigenvalue weighted by molar-refractivity contribution is 5.91. The van der Waals surface area contributed by atoms with Gasteiger partial charge in [0.25, 0.3) is 6.02 Å². The summed E-state index contributed by atoms with van der Waals surface area (Å²) in [5.41, 5.74) is 3.86. The second kappa shape index (κ2) is 15.4. The number of hydrogen-bond donors (Lipinski definition) is 3. The number of amidine groups is 1. The van der Waals surface area contributed by atoms with Crippen molar-refractivity contribution < 1.29 is 28.6 Å². The average Bonchev–Trinajstić information content (AvgIpc) is 3.23. The SMILES string of the molecule is CC(C)/N=C(/NC(C)C)OC(=O)C(CCCCNC(=O)OC(C)(C)C)NC(=O)OCC1c2ccccc2-c2ccccc21. The number of nitrogens with zero attached hydrogens (tertiary/aromatic N) is 1. The third-order valence-electron chi connectivity index (χ3n) is 6.49. The molecule has 0 fully saturated rings. The quantitative estimate of drug-likeness (QED) is 0.0973. The van der Waals surface area contributed by atoms with Gasteiger partial charge < -0.3 is 30.2 Å². The molecule has 1 atom stereocenters. The second-order valence-electron chi connectivity index (χ2n) is 12.2. The molecule has 10 nitrogen and oxygen atoms in total. The molecule has 3 rings (SSSR count). The molecule has 2 amide bonds. The summed E-state index contributed by atoms with van der Waals surface area (Å²) in [5.74, 6) is -0.761. The molecule has 1 aliphatic rings. The Hall–Kier alpha value is -4.08. The fraction of sp³-hybridized carbons (Fsp3) is 0.515. The first-order valence-electron chi connectivity index (χ1n) is 15.0. The molecular formula is C33H46N4O6. The Labute approximate surface area is 255 Å². The lowest BCUT2D eigenvalue weighted by molar-refractivity contribution is -0.138. The van der Waals surface area contributed by atoms with Gasteiger partial charge in [-0.05, 0) is 90.0 Å². The molecule has 234 valence electrons. The van der Waals surface area contributed by atoms with Crippen molar-refractivity contribution in [1.82, 2.24) is 16.0 Å². The van der Waals surface area contributed by atoms with Gasteiger partial charge in [0.1, 0.15) is 18.2 Å². The summed E-state index contributed by atoms with van der Waals surface area (Å²) in [6.45, 7) is 13.4. The molecule has 0 aromatic heterocycles. The topological polar surface area (TPSA) is 127 Å². The van der Waals surface area contributed by atoms with Gasteiger partial charge in [0.15, 0.2) is 0 Å². The molecule has 0 aliphatic heterocycles. The van der Waals surface area contributed by atoms with Crippen molar-refractivity contribution in [3.63, 3.8) is 0 Å². The average molecular weight is 595 g/mol. The lowest BCUT2D eigenvalue weighted by atomic mass is 9.98. The minimum absolute atomic E-state index is 0.0160. The summed E-state index contributed by atoms with van der Waals surface area (Å²) in [5, 5.41) is 8.45. The fourth-order valence-corrected chi connectivity index (χ4v) is 4.75. The largest absolute Gasteiger partial charge is 0.449 e. The van der Waals surface area contributed by atoms with Gasteiger partial charge in [0.05, 0.1) is 0 Å². The van der Waals surface area contributed by atoms with Crippen LogP contribution in [0.5, 0.6) is 0 Å². The van der Waals surface area contributed by atoms with Crippen LogP contribution in [-0.2, 0) is 19.0 Å². The van der Waals surface area contributed by atoms with Crippen molar-refractivity contribution in [1.29, 1.82) is 0 Å². The van der Waals surface area contributed by atoms with E-state index in [4.69, 9.17) is 14.2 Å². The van der Waals surface area contributed by atoms with Gasteiger partial charge in [-0.2, -0.15) is 0 Å². The van der Waals surface area contributed by atoms with E-state index in [1.165, 1.54) is 0 Å². The van der Waals surface area contributed by atoms with Crippen molar-refractivity contribution >= 4 is 24.2 Å². The number of benzene rings is 2. The third kappa shape index (κ3) is 10.6. The van der Waals surface area contributed by atoms with Crippen molar-refractivity contribution in [2.45, 2.75) is 97.4 Å². The minimum atomic E-state index is -0.983. The number of nitrogens with one attached hydrogen (secondary N) is 3. The Morgan fingerprint density at radius 2 is 1.47 bits per heavy atom. The molecule has 1 aliphatic carbocycles. The van der Waals surface area contributed by atoms with Gasteiger partial charge in [-0.1, -0.05) is 48.5 Å². The van der Waals surface area contributed by atoms with E-state index in [0.29, 0.717) is 19.4 Å². The zero-order valence-corrected chi connectivity index (χ0v) is 26.4. The van der Waals surface area contributed by atoms with Gasteiger partial charge in [-0.3, -0.25) is 0 Å². The Kier molecular flexibility index (Phi) is 12.0. The van der Waals surface area contributed by atoms with Crippen LogP contribution in [0.3, 0.4) is 0 Å². The van der Waals surface area contributed by atoms with Crippen LogP contribution in [0.25, 0.3) is 11.1 Å². The molecule has 1 unspecified atom stereocenters. The Morgan fingerprint density at radius 3 is 2.02 bits per heavy atom. The van der Waals surface area contributed by atoms with E-state index in [1.807, 2.05) is 64.1 Å². The van der Waals surface area contributed by atoms with Crippen LogP contribution in [0.4, 0.5) is 9.59 Å². The molecule has 0 saturated carbocycles. The summed E-state index contributed by atoms with van der Waals surface area (Å²) in [7, 11) is 0. The third-order valence-corrected chi connectivity index (χ3v) is 6.49. The van der Waals surface area contributed by atoms with E-state index in [0.717, 1.165) is 22.3 Å². The lowest BCUT2D eigenvalue weighted by Gasteiger charge is -2.21. The smallest absolute Gasteiger partial charge is 0.407 e. The van der Waals surface area contributed by atoms with Gasteiger partial charge >= 0.3 is 18.2 Å². The van der Waals surface area contributed by atoms with E-state index in [2.05, 4.69) is 33.1 Å². The number of carbonyl (C=O) groups excluding carboxylic acids is 3. The van der Waals surface area contributed by atoms with Crippen LogP contribution in [0.15, 0.2) is 53.5 Å². The first-order valence-corrected chi connectivity index (χ1v) is 15.0. The Balaban J connectivity index is 1.64. The Morgan fingerprint density at radius 1 is 0.860 bits per heavy atom. The molecule has 10 heteroatoms. The molecule has 2 aromatic carbocycles. The van der Waals surface area contributed by atoms with Gasteiger partial charge in [-0.25, -0.2) is 19.4 Å². The number of fused-ring (bicyclic) bond motifs is 3. The molecule has 43 heavy (non-hydrogen) atoms.